The predicted molar refractivity (Wildman–Crippen MR) is 89.5 cm³/mol. The van der Waals surface area contributed by atoms with Crippen LogP contribution in [0.4, 0.5) is 0 Å². The van der Waals surface area contributed by atoms with E-state index in [1.54, 1.807) is 19.1 Å². The number of hydrogen-bond acceptors (Lipinski definition) is 3. The molecule has 1 aliphatic carbocycles. The maximum absolute atomic E-state index is 12.5. The van der Waals surface area contributed by atoms with Crippen molar-refractivity contribution in [2.75, 3.05) is 20.7 Å². The third-order valence-corrected chi connectivity index (χ3v) is 4.78. The summed E-state index contributed by atoms with van der Waals surface area (Å²) in [5, 5.41) is 11.5. The van der Waals surface area contributed by atoms with Crippen LogP contribution in [0.2, 0.25) is 0 Å². The van der Waals surface area contributed by atoms with E-state index in [-0.39, 0.29) is 12.5 Å². The van der Waals surface area contributed by atoms with Gasteiger partial charge in [0.2, 0.25) is 5.91 Å². The number of amides is 1. The van der Waals surface area contributed by atoms with E-state index in [0.717, 1.165) is 42.3 Å². The van der Waals surface area contributed by atoms with Crippen LogP contribution >= 0.6 is 0 Å². The third-order valence-electron chi connectivity index (χ3n) is 4.78. The average molecular weight is 316 g/mol. The van der Waals surface area contributed by atoms with Crippen LogP contribution in [0.15, 0.2) is 30.5 Å². The van der Waals surface area contributed by atoms with Gasteiger partial charge in [-0.2, -0.15) is 0 Å². The molecule has 5 heteroatoms. The van der Waals surface area contributed by atoms with E-state index in [1.165, 1.54) is 0 Å². The molecule has 3 rings (SSSR count). The van der Waals surface area contributed by atoms with Gasteiger partial charge in [0, 0.05) is 30.7 Å². The van der Waals surface area contributed by atoms with Crippen molar-refractivity contribution < 1.29 is 14.6 Å². The molecule has 0 aliphatic heterocycles. The summed E-state index contributed by atoms with van der Waals surface area (Å²) in [6.45, 7) is 0.696. The predicted octanol–water partition coefficient (Wildman–Crippen LogP) is 2.41. The number of aromatic nitrogens is 1. The molecule has 5 nitrogen and oxygen atoms in total. The Hall–Kier alpha value is -2.01. The van der Waals surface area contributed by atoms with Gasteiger partial charge in [0.1, 0.15) is 12.3 Å². The van der Waals surface area contributed by atoms with Crippen molar-refractivity contribution in [2.45, 2.75) is 37.8 Å². The molecule has 0 radical (unpaired) electrons. The highest BCUT2D eigenvalue weighted by Crippen LogP contribution is 2.30. The van der Waals surface area contributed by atoms with Crippen molar-refractivity contribution in [1.82, 2.24) is 9.47 Å². The first-order valence-corrected chi connectivity index (χ1v) is 8.10. The summed E-state index contributed by atoms with van der Waals surface area (Å²) in [6, 6.07) is 7.80. The number of likely N-dealkylation sites (N-methyl/N-ethyl adjacent to an activating group) is 1. The maximum Gasteiger partial charge on any atom is 0.242 e. The molecule has 1 N–H and O–H groups in total. The number of benzene rings is 1. The zero-order valence-corrected chi connectivity index (χ0v) is 13.8. The van der Waals surface area contributed by atoms with Crippen molar-refractivity contribution in [3.05, 3.63) is 30.5 Å². The number of carbonyl (C=O) groups excluding carboxylic acids is 1. The van der Waals surface area contributed by atoms with Gasteiger partial charge in [-0.25, -0.2) is 0 Å². The largest absolute Gasteiger partial charge is 0.497 e. The maximum atomic E-state index is 12.5. The minimum atomic E-state index is -0.698. The smallest absolute Gasteiger partial charge is 0.242 e. The molecule has 2 aromatic rings. The Morgan fingerprint density at radius 3 is 2.78 bits per heavy atom. The second-order valence-electron chi connectivity index (χ2n) is 6.55. The Morgan fingerprint density at radius 1 is 1.35 bits per heavy atom. The number of hydrogen-bond donors (Lipinski definition) is 1. The van der Waals surface area contributed by atoms with Gasteiger partial charge in [0.25, 0.3) is 0 Å². The molecule has 1 heterocycles. The molecule has 124 valence electrons. The number of methoxy groups -OCH3 is 1. The second-order valence-corrected chi connectivity index (χ2v) is 6.55. The van der Waals surface area contributed by atoms with E-state index in [0.29, 0.717) is 6.54 Å². The molecule has 0 atom stereocenters. The van der Waals surface area contributed by atoms with Gasteiger partial charge >= 0.3 is 0 Å². The highest BCUT2D eigenvalue weighted by Gasteiger charge is 2.33. The lowest BCUT2D eigenvalue weighted by Crippen LogP contribution is -2.43. The fourth-order valence-corrected chi connectivity index (χ4v) is 3.43. The summed E-state index contributed by atoms with van der Waals surface area (Å²) in [6.07, 6.45) is 5.58. The summed E-state index contributed by atoms with van der Waals surface area (Å²) >= 11 is 0. The Bertz CT molecular complexity index is 701. The summed E-state index contributed by atoms with van der Waals surface area (Å²) in [5.41, 5.74) is 0.309. The molecule has 1 aromatic heterocycles. The SMILES string of the molecule is COc1ccc2c(ccn2CC(=O)N(C)CC2(O)CCCC2)c1. The fraction of sp³-hybridized carbons (Fsp3) is 0.500. The Labute approximate surface area is 136 Å². The second kappa shape index (κ2) is 6.24. The van der Waals surface area contributed by atoms with Crippen LogP contribution in [0, 0.1) is 0 Å². The minimum absolute atomic E-state index is 0.0126. The zero-order valence-electron chi connectivity index (χ0n) is 13.8. The highest BCUT2D eigenvalue weighted by molar-refractivity contribution is 5.84. The van der Waals surface area contributed by atoms with Gasteiger partial charge in [-0.1, -0.05) is 12.8 Å². The van der Waals surface area contributed by atoms with Crippen LogP contribution in [-0.4, -0.2) is 46.8 Å². The van der Waals surface area contributed by atoms with Gasteiger partial charge < -0.3 is 19.3 Å². The number of fused-ring (bicyclic) bond motifs is 1. The van der Waals surface area contributed by atoms with Crippen LogP contribution in [0.5, 0.6) is 5.75 Å². The minimum Gasteiger partial charge on any atom is -0.497 e. The lowest BCUT2D eigenvalue weighted by atomic mass is 10.0. The number of ether oxygens (including phenoxy) is 1. The van der Waals surface area contributed by atoms with Gasteiger partial charge in [-0.15, -0.1) is 0 Å². The number of carbonyl (C=O) groups is 1. The molecule has 1 amide bonds. The standard InChI is InChI=1S/C18H24N2O3/c1-19(13-18(22)8-3-4-9-18)17(21)12-20-10-7-14-11-15(23-2)5-6-16(14)20/h5-7,10-11,22H,3-4,8-9,12-13H2,1-2H3. The van der Waals surface area contributed by atoms with E-state index in [9.17, 15) is 9.90 Å². The van der Waals surface area contributed by atoms with E-state index >= 15 is 0 Å². The van der Waals surface area contributed by atoms with Crippen LogP contribution in [0.25, 0.3) is 10.9 Å². The molecule has 0 saturated heterocycles. The summed E-state index contributed by atoms with van der Waals surface area (Å²) in [4.78, 5) is 14.1. The van der Waals surface area contributed by atoms with Crippen molar-refractivity contribution in [3.8, 4) is 5.75 Å². The molecule has 0 spiro atoms. The summed E-state index contributed by atoms with van der Waals surface area (Å²) in [5.74, 6) is 0.820. The van der Waals surface area contributed by atoms with E-state index in [1.807, 2.05) is 35.0 Å². The monoisotopic (exact) mass is 316 g/mol. The number of rotatable bonds is 5. The number of aliphatic hydroxyl groups is 1. The summed E-state index contributed by atoms with van der Waals surface area (Å²) in [7, 11) is 3.41. The van der Waals surface area contributed by atoms with Gasteiger partial charge in [0.05, 0.1) is 12.7 Å². The van der Waals surface area contributed by atoms with Crippen LogP contribution in [0.1, 0.15) is 25.7 Å². The van der Waals surface area contributed by atoms with Gasteiger partial charge in [-0.05, 0) is 37.1 Å². The van der Waals surface area contributed by atoms with E-state index < -0.39 is 5.60 Å². The third kappa shape index (κ3) is 3.34. The first-order valence-electron chi connectivity index (χ1n) is 8.10. The van der Waals surface area contributed by atoms with Crippen molar-refractivity contribution in [1.29, 1.82) is 0 Å². The lowest BCUT2D eigenvalue weighted by molar-refractivity contribution is -0.133. The fourth-order valence-electron chi connectivity index (χ4n) is 3.43. The molecule has 1 aliphatic rings. The lowest BCUT2D eigenvalue weighted by Gasteiger charge is -2.28. The molecule has 23 heavy (non-hydrogen) atoms. The van der Waals surface area contributed by atoms with Crippen molar-refractivity contribution in [2.24, 2.45) is 0 Å². The molecule has 1 aromatic carbocycles. The molecular weight excluding hydrogens is 292 g/mol. The zero-order chi connectivity index (χ0) is 16.4. The average Bonchev–Trinajstić information content (AvgIpc) is 3.13. The molecule has 0 unspecified atom stereocenters. The highest BCUT2D eigenvalue weighted by atomic mass is 16.5. The molecule has 1 fully saturated rings. The summed E-state index contributed by atoms with van der Waals surface area (Å²) < 4.78 is 7.16. The quantitative estimate of drug-likeness (QED) is 0.921. The Balaban J connectivity index is 1.70. The van der Waals surface area contributed by atoms with Crippen molar-refractivity contribution >= 4 is 16.8 Å². The van der Waals surface area contributed by atoms with Gasteiger partial charge in [0.15, 0.2) is 0 Å². The molecular formula is C18H24N2O3. The van der Waals surface area contributed by atoms with Gasteiger partial charge in [-0.3, -0.25) is 4.79 Å². The Morgan fingerprint density at radius 2 is 2.09 bits per heavy atom. The Kier molecular flexibility index (Phi) is 4.31. The van der Waals surface area contributed by atoms with Crippen LogP contribution in [-0.2, 0) is 11.3 Å². The van der Waals surface area contributed by atoms with Crippen molar-refractivity contribution in [3.63, 3.8) is 0 Å². The topological polar surface area (TPSA) is 54.7 Å². The van der Waals surface area contributed by atoms with Crippen LogP contribution in [0.3, 0.4) is 0 Å². The number of nitrogens with zero attached hydrogens (tertiary/aromatic N) is 2. The normalized spacial score (nSPS) is 16.7. The first kappa shape index (κ1) is 15.9. The van der Waals surface area contributed by atoms with Crippen LogP contribution < -0.4 is 4.74 Å². The van der Waals surface area contributed by atoms with E-state index in [4.69, 9.17) is 4.74 Å². The first-order chi connectivity index (χ1) is 11.0. The molecule has 1 saturated carbocycles. The van der Waals surface area contributed by atoms with E-state index in [2.05, 4.69) is 0 Å². The molecule has 0 bridgehead atoms.